The molecule has 5 heteroatoms. The van der Waals surface area contributed by atoms with Gasteiger partial charge in [0.2, 0.25) is 5.91 Å². The standard InChI is InChI=1S/C13H19NO4/c1-10(16)14-11-5-6-12(13(9-11)17-2)18-8-4-3-7-15/h5-6,9,15H,3-4,7-8H2,1-2H3,(H,14,16). The third-order valence-electron chi connectivity index (χ3n) is 2.29. The molecule has 2 N–H and O–H groups in total. The first kappa shape index (κ1) is 14.3. The molecule has 0 unspecified atom stereocenters. The van der Waals surface area contributed by atoms with Crippen LogP contribution in [0.1, 0.15) is 19.8 Å². The van der Waals surface area contributed by atoms with Gasteiger partial charge in [0, 0.05) is 25.3 Å². The molecule has 0 saturated heterocycles. The number of methoxy groups -OCH3 is 1. The van der Waals surface area contributed by atoms with Crippen LogP contribution in [0.5, 0.6) is 11.5 Å². The van der Waals surface area contributed by atoms with Crippen LogP contribution >= 0.6 is 0 Å². The number of carbonyl (C=O) groups excluding carboxylic acids is 1. The summed E-state index contributed by atoms with van der Waals surface area (Å²) in [5, 5.41) is 11.3. The maximum absolute atomic E-state index is 10.9. The van der Waals surface area contributed by atoms with Crippen LogP contribution in [0.25, 0.3) is 0 Å². The maximum Gasteiger partial charge on any atom is 0.221 e. The number of aliphatic hydroxyl groups excluding tert-OH is 1. The summed E-state index contributed by atoms with van der Waals surface area (Å²) in [5.74, 6) is 1.07. The zero-order chi connectivity index (χ0) is 13.4. The summed E-state index contributed by atoms with van der Waals surface area (Å²) in [4.78, 5) is 10.9. The van der Waals surface area contributed by atoms with E-state index in [1.54, 1.807) is 25.3 Å². The predicted molar refractivity (Wildman–Crippen MR) is 69.1 cm³/mol. The van der Waals surface area contributed by atoms with Crippen molar-refractivity contribution in [3.8, 4) is 11.5 Å². The van der Waals surface area contributed by atoms with Crippen molar-refractivity contribution < 1.29 is 19.4 Å². The van der Waals surface area contributed by atoms with E-state index in [9.17, 15) is 4.79 Å². The minimum absolute atomic E-state index is 0.131. The minimum atomic E-state index is -0.131. The second-order valence-electron chi connectivity index (χ2n) is 3.83. The van der Waals surface area contributed by atoms with E-state index in [0.717, 1.165) is 6.42 Å². The number of rotatable bonds is 7. The van der Waals surface area contributed by atoms with Gasteiger partial charge in [0.15, 0.2) is 11.5 Å². The maximum atomic E-state index is 10.9. The Morgan fingerprint density at radius 3 is 2.72 bits per heavy atom. The van der Waals surface area contributed by atoms with Gasteiger partial charge in [0.1, 0.15) is 0 Å². The Bertz CT molecular complexity index is 393. The zero-order valence-corrected chi connectivity index (χ0v) is 10.7. The summed E-state index contributed by atoms with van der Waals surface area (Å²) in [5.41, 5.74) is 0.669. The first-order valence-corrected chi connectivity index (χ1v) is 5.86. The second-order valence-corrected chi connectivity index (χ2v) is 3.83. The number of hydrogen-bond donors (Lipinski definition) is 2. The Balaban J connectivity index is 2.64. The molecule has 0 saturated carbocycles. The minimum Gasteiger partial charge on any atom is -0.493 e. The molecule has 0 aromatic heterocycles. The summed E-state index contributed by atoms with van der Waals surface area (Å²) in [7, 11) is 1.55. The molecule has 100 valence electrons. The van der Waals surface area contributed by atoms with Crippen molar-refractivity contribution in [3.05, 3.63) is 18.2 Å². The van der Waals surface area contributed by atoms with Gasteiger partial charge in [-0.1, -0.05) is 0 Å². The predicted octanol–water partition coefficient (Wildman–Crippen LogP) is 1.80. The molecule has 0 bridgehead atoms. The van der Waals surface area contributed by atoms with Gasteiger partial charge >= 0.3 is 0 Å². The van der Waals surface area contributed by atoms with Gasteiger partial charge in [-0.15, -0.1) is 0 Å². The van der Waals surface area contributed by atoms with Crippen LogP contribution in [0.4, 0.5) is 5.69 Å². The lowest BCUT2D eigenvalue weighted by Gasteiger charge is -2.12. The van der Waals surface area contributed by atoms with E-state index < -0.39 is 0 Å². The number of anilines is 1. The number of unbranched alkanes of at least 4 members (excludes halogenated alkanes) is 1. The number of ether oxygens (including phenoxy) is 2. The van der Waals surface area contributed by atoms with Crippen LogP contribution in [0, 0.1) is 0 Å². The highest BCUT2D eigenvalue weighted by Gasteiger charge is 2.06. The third-order valence-corrected chi connectivity index (χ3v) is 2.29. The molecule has 1 aromatic rings. The van der Waals surface area contributed by atoms with Gasteiger partial charge < -0.3 is 19.9 Å². The number of carbonyl (C=O) groups is 1. The second kappa shape index (κ2) is 7.55. The average Bonchev–Trinajstić information content (AvgIpc) is 2.35. The molecule has 0 radical (unpaired) electrons. The number of aliphatic hydroxyl groups is 1. The molecular formula is C13H19NO4. The fraction of sp³-hybridized carbons (Fsp3) is 0.462. The number of benzene rings is 1. The Morgan fingerprint density at radius 2 is 2.11 bits per heavy atom. The summed E-state index contributed by atoms with van der Waals surface area (Å²) < 4.78 is 10.7. The summed E-state index contributed by atoms with van der Waals surface area (Å²) in [6.45, 7) is 2.14. The first-order valence-electron chi connectivity index (χ1n) is 5.86. The van der Waals surface area contributed by atoms with Crippen LogP contribution < -0.4 is 14.8 Å². The highest BCUT2D eigenvalue weighted by Crippen LogP contribution is 2.30. The molecule has 0 atom stereocenters. The average molecular weight is 253 g/mol. The number of nitrogens with one attached hydrogen (secondary N) is 1. The highest BCUT2D eigenvalue weighted by atomic mass is 16.5. The Kier molecular flexibility index (Phi) is 6.00. The molecule has 0 aliphatic carbocycles. The van der Waals surface area contributed by atoms with Crippen LogP contribution in [0.15, 0.2) is 18.2 Å². The van der Waals surface area contributed by atoms with Crippen LogP contribution in [0.3, 0.4) is 0 Å². The molecule has 0 aliphatic rings. The summed E-state index contributed by atoms with van der Waals surface area (Å²) in [6, 6.07) is 5.22. The van der Waals surface area contributed by atoms with Crippen molar-refractivity contribution in [2.75, 3.05) is 25.6 Å². The van der Waals surface area contributed by atoms with E-state index in [0.29, 0.717) is 30.2 Å². The van der Waals surface area contributed by atoms with Crippen molar-refractivity contribution in [2.24, 2.45) is 0 Å². The van der Waals surface area contributed by atoms with E-state index >= 15 is 0 Å². The molecule has 1 rings (SSSR count). The zero-order valence-electron chi connectivity index (χ0n) is 10.7. The van der Waals surface area contributed by atoms with Crippen LogP contribution in [0.2, 0.25) is 0 Å². The summed E-state index contributed by atoms with van der Waals surface area (Å²) >= 11 is 0. The monoisotopic (exact) mass is 253 g/mol. The van der Waals surface area contributed by atoms with E-state index in [4.69, 9.17) is 14.6 Å². The van der Waals surface area contributed by atoms with E-state index in [2.05, 4.69) is 5.32 Å². The molecule has 0 spiro atoms. The fourth-order valence-corrected chi connectivity index (χ4v) is 1.46. The lowest BCUT2D eigenvalue weighted by Crippen LogP contribution is -2.06. The largest absolute Gasteiger partial charge is 0.493 e. The molecule has 5 nitrogen and oxygen atoms in total. The van der Waals surface area contributed by atoms with Gasteiger partial charge in [-0.3, -0.25) is 4.79 Å². The van der Waals surface area contributed by atoms with Crippen molar-refractivity contribution in [1.82, 2.24) is 0 Å². The van der Waals surface area contributed by atoms with Gasteiger partial charge in [0.25, 0.3) is 0 Å². The van der Waals surface area contributed by atoms with E-state index in [1.807, 2.05) is 0 Å². The Morgan fingerprint density at radius 1 is 1.33 bits per heavy atom. The number of hydrogen-bond acceptors (Lipinski definition) is 4. The van der Waals surface area contributed by atoms with Gasteiger partial charge in [-0.2, -0.15) is 0 Å². The quantitative estimate of drug-likeness (QED) is 0.727. The van der Waals surface area contributed by atoms with Gasteiger partial charge in [-0.25, -0.2) is 0 Å². The van der Waals surface area contributed by atoms with E-state index in [1.165, 1.54) is 6.92 Å². The molecular weight excluding hydrogens is 234 g/mol. The van der Waals surface area contributed by atoms with Gasteiger partial charge in [-0.05, 0) is 25.0 Å². The van der Waals surface area contributed by atoms with Crippen LogP contribution in [-0.2, 0) is 4.79 Å². The van der Waals surface area contributed by atoms with Gasteiger partial charge in [0.05, 0.1) is 13.7 Å². The van der Waals surface area contributed by atoms with Crippen LogP contribution in [-0.4, -0.2) is 31.3 Å². The topological polar surface area (TPSA) is 67.8 Å². The lowest BCUT2D eigenvalue weighted by molar-refractivity contribution is -0.114. The molecule has 18 heavy (non-hydrogen) atoms. The molecule has 0 heterocycles. The Labute approximate surface area is 107 Å². The van der Waals surface area contributed by atoms with E-state index in [-0.39, 0.29) is 12.5 Å². The third kappa shape index (κ3) is 4.63. The fourth-order valence-electron chi connectivity index (χ4n) is 1.46. The number of amides is 1. The Hall–Kier alpha value is -1.75. The molecule has 0 aliphatic heterocycles. The first-order chi connectivity index (χ1) is 8.67. The molecule has 0 fully saturated rings. The SMILES string of the molecule is COc1cc(NC(C)=O)ccc1OCCCCO. The molecule has 1 aromatic carbocycles. The molecule has 1 amide bonds. The van der Waals surface area contributed by atoms with Crippen molar-refractivity contribution >= 4 is 11.6 Å². The van der Waals surface area contributed by atoms with Crippen molar-refractivity contribution in [3.63, 3.8) is 0 Å². The van der Waals surface area contributed by atoms with Crippen molar-refractivity contribution in [1.29, 1.82) is 0 Å². The highest BCUT2D eigenvalue weighted by molar-refractivity contribution is 5.89. The lowest BCUT2D eigenvalue weighted by atomic mass is 10.2. The smallest absolute Gasteiger partial charge is 0.221 e. The normalized spacial score (nSPS) is 9.94. The summed E-state index contributed by atoms with van der Waals surface area (Å²) in [6.07, 6.45) is 1.50. The van der Waals surface area contributed by atoms with Crippen molar-refractivity contribution in [2.45, 2.75) is 19.8 Å².